The Kier molecular flexibility index (Phi) is 5.81. The Morgan fingerprint density at radius 2 is 2.11 bits per heavy atom. The van der Waals surface area contributed by atoms with Gasteiger partial charge in [0.1, 0.15) is 5.82 Å². The number of carbonyl (C=O) groups excluding carboxylic acids is 1. The quantitative estimate of drug-likeness (QED) is 0.803. The van der Waals surface area contributed by atoms with Gasteiger partial charge in [0.25, 0.3) is 5.91 Å². The predicted octanol–water partition coefficient (Wildman–Crippen LogP) is 4.36. The lowest BCUT2D eigenvalue weighted by Gasteiger charge is -2.31. The van der Waals surface area contributed by atoms with Gasteiger partial charge in [-0.2, -0.15) is 0 Å². The van der Waals surface area contributed by atoms with Gasteiger partial charge in [-0.1, -0.05) is 26.8 Å². The maximum atomic E-state index is 13.7. The lowest BCUT2D eigenvalue weighted by atomic mass is 9.85. The third-order valence-corrected chi connectivity index (χ3v) is 3.82. The average Bonchev–Trinajstić information content (AvgIpc) is 2.27. The molecule has 1 atom stereocenters. The maximum Gasteiger partial charge on any atom is 0.255 e. The van der Waals surface area contributed by atoms with Crippen molar-refractivity contribution >= 4 is 33.4 Å². The van der Waals surface area contributed by atoms with Crippen LogP contribution in [-0.4, -0.2) is 17.8 Å². The molecule has 0 fully saturated rings. The monoisotopic (exact) mass is 349 g/mol. The fourth-order valence-corrected chi connectivity index (χ4v) is 2.52. The standard InChI is InChI=1S/C14H18BrClFNO/c1-14(2,3)11(7-8-16)18-13(19)12-9(15)5-4-6-10(12)17/h4-6,11H,7-8H2,1-3H3,(H,18,19). The maximum absolute atomic E-state index is 13.7. The largest absolute Gasteiger partial charge is 0.349 e. The first kappa shape index (κ1) is 16.4. The Bertz CT molecular complexity index is 439. The minimum atomic E-state index is -0.537. The lowest BCUT2D eigenvalue weighted by Crippen LogP contribution is -2.44. The minimum absolute atomic E-state index is 0.0336. The van der Waals surface area contributed by atoms with Crippen LogP contribution in [0.1, 0.15) is 37.6 Å². The highest BCUT2D eigenvalue weighted by Crippen LogP contribution is 2.24. The number of carbonyl (C=O) groups is 1. The summed E-state index contributed by atoms with van der Waals surface area (Å²) in [6.07, 6.45) is 0.642. The van der Waals surface area contributed by atoms with E-state index in [0.29, 0.717) is 16.8 Å². The summed E-state index contributed by atoms with van der Waals surface area (Å²) in [7, 11) is 0. The van der Waals surface area contributed by atoms with Crippen LogP contribution in [0.15, 0.2) is 22.7 Å². The van der Waals surface area contributed by atoms with Gasteiger partial charge >= 0.3 is 0 Å². The summed E-state index contributed by atoms with van der Waals surface area (Å²) < 4.78 is 14.2. The Morgan fingerprint density at radius 3 is 2.58 bits per heavy atom. The fourth-order valence-electron chi connectivity index (χ4n) is 1.78. The minimum Gasteiger partial charge on any atom is -0.349 e. The molecule has 1 N–H and O–H groups in total. The lowest BCUT2D eigenvalue weighted by molar-refractivity contribution is 0.0895. The van der Waals surface area contributed by atoms with Gasteiger partial charge in [-0.15, -0.1) is 11.6 Å². The Labute approximate surface area is 126 Å². The van der Waals surface area contributed by atoms with Gasteiger partial charge in [0.2, 0.25) is 0 Å². The summed E-state index contributed by atoms with van der Waals surface area (Å²) in [6, 6.07) is 4.36. The molecule has 0 spiro atoms. The van der Waals surface area contributed by atoms with Crippen molar-refractivity contribution in [3.05, 3.63) is 34.1 Å². The average molecular weight is 351 g/mol. The van der Waals surface area contributed by atoms with Crippen molar-refractivity contribution in [1.82, 2.24) is 5.32 Å². The van der Waals surface area contributed by atoms with E-state index in [4.69, 9.17) is 11.6 Å². The molecule has 0 radical (unpaired) electrons. The molecule has 1 rings (SSSR count). The van der Waals surface area contributed by atoms with Crippen LogP contribution in [0, 0.1) is 11.2 Å². The second-order valence-electron chi connectivity index (χ2n) is 5.47. The highest BCUT2D eigenvalue weighted by Gasteiger charge is 2.27. The van der Waals surface area contributed by atoms with Gasteiger partial charge in [-0.05, 0) is 39.9 Å². The molecule has 0 bridgehead atoms. The van der Waals surface area contributed by atoms with E-state index in [1.807, 2.05) is 20.8 Å². The molecule has 0 aliphatic heterocycles. The molecule has 19 heavy (non-hydrogen) atoms. The van der Waals surface area contributed by atoms with Crippen molar-refractivity contribution < 1.29 is 9.18 Å². The van der Waals surface area contributed by atoms with E-state index < -0.39 is 11.7 Å². The summed E-state index contributed by atoms with van der Waals surface area (Å²) in [4.78, 5) is 12.2. The highest BCUT2D eigenvalue weighted by molar-refractivity contribution is 9.10. The summed E-state index contributed by atoms with van der Waals surface area (Å²) >= 11 is 8.96. The SMILES string of the molecule is CC(C)(C)C(CCCl)NC(=O)c1c(F)cccc1Br. The van der Waals surface area contributed by atoms with Crippen LogP contribution < -0.4 is 5.32 Å². The van der Waals surface area contributed by atoms with Gasteiger partial charge < -0.3 is 5.32 Å². The molecule has 1 amide bonds. The Hall–Kier alpha value is -0.610. The van der Waals surface area contributed by atoms with E-state index in [1.165, 1.54) is 6.07 Å². The van der Waals surface area contributed by atoms with Crippen LogP contribution in [0.5, 0.6) is 0 Å². The molecule has 1 aromatic rings. The second-order valence-corrected chi connectivity index (χ2v) is 6.70. The van der Waals surface area contributed by atoms with E-state index in [2.05, 4.69) is 21.2 Å². The summed E-state index contributed by atoms with van der Waals surface area (Å²) in [5, 5.41) is 2.86. The van der Waals surface area contributed by atoms with Crippen molar-refractivity contribution in [3.8, 4) is 0 Å². The van der Waals surface area contributed by atoms with Crippen molar-refractivity contribution in [1.29, 1.82) is 0 Å². The van der Waals surface area contributed by atoms with Gasteiger partial charge in [0.05, 0.1) is 5.56 Å². The third-order valence-electron chi connectivity index (χ3n) is 2.94. The zero-order valence-electron chi connectivity index (χ0n) is 11.3. The first-order valence-corrected chi connectivity index (χ1v) is 7.41. The third kappa shape index (κ3) is 4.46. The van der Waals surface area contributed by atoms with Crippen LogP contribution in [-0.2, 0) is 0 Å². The van der Waals surface area contributed by atoms with Gasteiger partial charge in [-0.3, -0.25) is 4.79 Å². The molecule has 106 valence electrons. The molecule has 0 aliphatic rings. The topological polar surface area (TPSA) is 29.1 Å². The van der Waals surface area contributed by atoms with E-state index in [-0.39, 0.29) is 17.0 Å². The van der Waals surface area contributed by atoms with Gasteiger partial charge in [0.15, 0.2) is 0 Å². The smallest absolute Gasteiger partial charge is 0.255 e. The molecule has 0 aliphatic carbocycles. The molecule has 1 unspecified atom stereocenters. The zero-order chi connectivity index (χ0) is 14.6. The van der Waals surface area contributed by atoms with Crippen molar-refractivity contribution in [2.75, 3.05) is 5.88 Å². The van der Waals surface area contributed by atoms with Crippen LogP contribution in [0.4, 0.5) is 4.39 Å². The summed E-state index contributed by atoms with van der Waals surface area (Å²) in [5.41, 5.74) is -0.103. The number of benzene rings is 1. The molecule has 0 saturated heterocycles. The molecular weight excluding hydrogens is 333 g/mol. The molecule has 2 nitrogen and oxygen atoms in total. The molecule has 0 heterocycles. The van der Waals surface area contributed by atoms with Crippen LogP contribution in [0.25, 0.3) is 0 Å². The number of hydrogen-bond acceptors (Lipinski definition) is 1. The zero-order valence-corrected chi connectivity index (χ0v) is 13.6. The molecule has 5 heteroatoms. The number of rotatable bonds is 4. The number of hydrogen-bond donors (Lipinski definition) is 1. The van der Waals surface area contributed by atoms with Crippen molar-refractivity contribution in [2.45, 2.75) is 33.2 Å². The second kappa shape index (κ2) is 6.71. The van der Waals surface area contributed by atoms with Gasteiger partial charge in [-0.25, -0.2) is 4.39 Å². The Morgan fingerprint density at radius 1 is 1.47 bits per heavy atom. The van der Waals surface area contributed by atoms with E-state index >= 15 is 0 Å². The highest BCUT2D eigenvalue weighted by atomic mass is 79.9. The number of amides is 1. The van der Waals surface area contributed by atoms with E-state index in [1.54, 1.807) is 12.1 Å². The number of halogens is 3. The summed E-state index contributed by atoms with van der Waals surface area (Å²) in [6.45, 7) is 6.04. The molecule has 0 aromatic heterocycles. The molecular formula is C14H18BrClFNO. The van der Waals surface area contributed by atoms with Crippen LogP contribution >= 0.6 is 27.5 Å². The Balaban J connectivity index is 2.95. The first-order chi connectivity index (χ1) is 8.77. The van der Waals surface area contributed by atoms with Crippen LogP contribution in [0.3, 0.4) is 0 Å². The predicted molar refractivity (Wildman–Crippen MR) is 80.1 cm³/mol. The first-order valence-electron chi connectivity index (χ1n) is 6.08. The molecule has 0 saturated carbocycles. The van der Waals surface area contributed by atoms with E-state index in [9.17, 15) is 9.18 Å². The summed E-state index contributed by atoms with van der Waals surface area (Å²) in [5.74, 6) is -0.513. The molecule has 1 aromatic carbocycles. The van der Waals surface area contributed by atoms with Crippen LogP contribution in [0.2, 0.25) is 0 Å². The van der Waals surface area contributed by atoms with E-state index in [0.717, 1.165) is 0 Å². The normalized spacial score (nSPS) is 13.2. The van der Waals surface area contributed by atoms with Crippen molar-refractivity contribution in [2.24, 2.45) is 5.41 Å². The fraction of sp³-hybridized carbons (Fsp3) is 0.500. The number of alkyl halides is 1. The van der Waals surface area contributed by atoms with Gasteiger partial charge in [0, 0.05) is 16.4 Å². The van der Waals surface area contributed by atoms with Crippen molar-refractivity contribution in [3.63, 3.8) is 0 Å². The number of nitrogens with one attached hydrogen (secondary N) is 1.